The van der Waals surface area contributed by atoms with Crippen LogP contribution in [0.1, 0.15) is 46.5 Å². The standard InChI is InChI=1S/C15H24/c1-10(2)13-8-6-12(4)14-7-5-11(3)9-15(13)14/h9-10,12-14H,3,5-8H2,1-2,4H3/t12-,13-,14-/m1/s1. The molecule has 0 unspecified atom stereocenters. The summed E-state index contributed by atoms with van der Waals surface area (Å²) in [6.07, 6.45) is 7.83. The van der Waals surface area contributed by atoms with E-state index in [4.69, 9.17) is 0 Å². The molecule has 0 spiro atoms. The molecule has 2 rings (SSSR count). The van der Waals surface area contributed by atoms with E-state index in [-0.39, 0.29) is 0 Å². The van der Waals surface area contributed by atoms with Gasteiger partial charge in [-0.25, -0.2) is 0 Å². The Labute approximate surface area is 94.5 Å². The van der Waals surface area contributed by atoms with Crippen molar-refractivity contribution < 1.29 is 0 Å². The summed E-state index contributed by atoms with van der Waals surface area (Å²) < 4.78 is 0. The van der Waals surface area contributed by atoms with Gasteiger partial charge in [-0.05, 0) is 49.4 Å². The molecule has 0 aliphatic heterocycles. The van der Waals surface area contributed by atoms with Gasteiger partial charge in [0.2, 0.25) is 0 Å². The Kier molecular flexibility index (Phi) is 3.04. The zero-order chi connectivity index (χ0) is 11.0. The number of hydrogen-bond donors (Lipinski definition) is 0. The lowest BCUT2D eigenvalue weighted by atomic mass is 9.64. The van der Waals surface area contributed by atoms with Gasteiger partial charge in [-0.3, -0.25) is 0 Å². The third-order valence-electron chi connectivity index (χ3n) is 4.43. The lowest BCUT2D eigenvalue weighted by Gasteiger charge is -2.41. The minimum atomic E-state index is 0.803. The van der Waals surface area contributed by atoms with Crippen molar-refractivity contribution in [1.29, 1.82) is 0 Å². The maximum Gasteiger partial charge on any atom is -0.0168 e. The Morgan fingerprint density at radius 2 is 2.00 bits per heavy atom. The van der Waals surface area contributed by atoms with Crippen LogP contribution in [0.25, 0.3) is 0 Å². The highest BCUT2D eigenvalue weighted by atomic mass is 14.4. The van der Waals surface area contributed by atoms with E-state index in [2.05, 4.69) is 33.4 Å². The fourth-order valence-corrected chi connectivity index (χ4v) is 3.45. The van der Waals surface area contributed by atoms with E-state index in [1.165, 1.54) is 31.3 Å². The van der Waals surface area contributed by atoms with Crippen LogP contribution in [0, 0.1) is 23.7 Å². The van der Waals surface area contributed by atoms with Crippen LogP contribution in [0.3, 0.4) is 0 Å². The lowest BCUT2D eigenvalue weighted by Crippen LogP contribution is -2.30. The average molecular weight is 204 g/mol. The van der Waals surface area contributed by atoms with E-state index in [0.29, 0.717) is 0 Å². The van der Waals surface area contributed by atoms with Crippen LogP contribution in [-0.2, 0) is 0 Å². The molecule has 0 radical (unpaired) electrons. The second kappa shape index (κ2) is 4.15. The van der Waals surface area contributed by atoms with E-state index < -0.39 is 0 Å². The van der Waals surface area contributed by atoms with Crippen LogP contribution < -0.4 is 0 Å². The molecular formula is C15H24. The summed E-state index contributed by atoms with van der Waals surface area (Å²) in [5.74, 6) is 3.41. The average Bonchev–Trinajstić information content (AvgIpc) is 2.17. The molecule has 15 heavy (non-hydrogen) atoms. The first-order valence-electron chi connectivity index (χ1n) is 6.49. The minimum Gasteiger partial charge on any atom is -0.0958 e. The fraction of sp³-hybridized carbons (Fsp3) is 0.733. The van der Waals surface area contributed by atoms with Crippen molar-refractivity contribution in [1.82, 2.24) is 0 Å². The van der Waals surface area contributed by atoms with Crippen LogP contribution in [0.4, 0.5) is 0 Å². The molecule has 2 aliphatic carbocycles. The largest absolute Gasteiger partial charge is 0.0958 e. The first kappa shape index (κ1) is 11.0. The van der Waals surface area contributed by atoms with Crippen LogP contribution in [0.5, 0.6) is 0 Å². The third-order valence-corrected chi connectivity index (χ3v) is 4.43. The maximum atomic E-state index is 4.15. The molecule has 0 N–H and O–H groups in total. The molecule has 0 nitrogen and oxygen atoms in total. The number of hydrogen-bond acceptors (Lipinski definition) is 0. The molecule has 0 amide bonds. The molecule has 3 atom stereocenters. The van der Waals surface area contributed by atoms with Gasteiger partial charge < -0.3 is 0 Å². The molecule has 84 valence electrons. The molecule has 0 aromatic heterocycles. The highest BCUT2D eigenvalue weighted by Crippen LogP contribution is 2.46. The van der Waals surface area contributed by atoms with Crippen molar-refractivity contribution in [3.8, 4) is 0 Å². The predicted octanol–water partition coefficient (Wildman–Crippen LogP) is 4.58. The molecule has 0 saturated heterocycles. The summed E-state index contributed by atoms with van der Waals surface area (Å²) in [7, 11) is 0. The summed E-state index contributed by atoms with van der Waals surface area (Å²) in [6, 6.07) is 0. The van der Waals surface area contributed by atoms with Gasteiger partial charge in [0.25, 0.3) is 0 Å². The summed E-state index contributed by atoms with van der Waals surface area (Å²) in [6.45, 7) is 11.3. The topological polar surface area (TPSA) is 0 Å². The van der Waals surface area contributed by atoms with Crippen molar-refractivity contribution in [3.05, 3.63) is 23.8 Å². The van der Waals surface area contributed by atoms with Crippen LogP contribution in [0.2, 0.25) is 0 Å². The first-order chi connectivity index (χ1) is 7.09. The van der Waals surface area contributed by atoms with Gasteiger partial charge in [0.1, 0.15) is 0 Å². The highest BCUT2D eigenvalue weighted by molar-refractivity contribution is 5.30. The van der Waals surface area contributed by atoms with Gasteiger partial charge in [0.05, 0.1) is 0 Å². The summed E-state index contributed by atoms with van der Waals surface area (Å²) >= 11 is 0. The molecular weight excluding hydrogens is 180 g/mol. The zero-order valence-electron chi connectivity index (χ0n) is 10.4. The van der Waals surface area contributed by atoms with E-state index in [1.54, 1.807) is 5.57 Å². The van der Waals surface area contributed by atoms with Crippen LogP contribution in [-0.4, -0.2) is 0 Å². The zero-order valence-corrected chi connectivity index (χ0v) is 10.4. The monoisotopic (exact) mass is 204 g/mol. The smallest absolute Gasteiger partial charge is 0.0168 e. The molecule has 0 heteroatoms. The Morgan fingerprint density at radius 3 is 2.67 bits per heavy atom. The summed E-state index contributed by atoms with van der Waals surface area (Å²) in [4.78, 5) is 0. The van der Waals surface area contributed by atoms with Gasteiger partial charge in [-0.1, -0.05) is 44.6 Å². The molecule has 0 aromatic rings. The van der Waals surface area contributed by atoms with E-state index >= 15 is 0 Å². The van der Waals surface area contributed by atoms with E-state index in [1.807, 2.05) is 0 Å². The second-order valence-corrected chi connectivity index (χ2v) is 5.85. The van der Waals surface area contributed by atoms with Crippen molar-refractivity contribution in [2.75, 3.05) is 0 Å². The van der Waals surface area contributed by atoms with E-state index in [9.17, 15) is 0 Å². The van der Waals surface area contributed by atoms with Gasteiger partial charge >= 0.3 is 0 Å². The van der Waals surface area contributed by atoms with Crippen molar-refractivity contribution >= 4 is 0 Å². The van der Waals surface area contributed by atoms with Crippen molar-refractivity contribution in [2.24, 2.45) is 23.7 Å². The minimum absolute atomic E-state index is 0.803. The van der Waals surface area contributed by atoms with Crippen LogP contribution in [0.15, 0.2) is 23.8 Å². The summed E-state index contributed by atoms with van der Waals surface area (Å²) in [5.41, 5.74) is 3.10. The Balaban J connectivity index is 2.27. The normalized spacial score (nSPS) is 36.4. The number of fused-ring (bicyclic) bond motifs is 1. The van der Waals surface area contributed by atoms with Crippen molar-refractivity contribution in [3.63, 3.8) is 0 Å². The fourth-order valence-electron chi connectivity index (χ4n) is 3.45. The highest BCUT2D eigenvalue weighted by Gasteiger charge is 2.35. The Bertz CT molecular complexity index is 282. The molecule has 2 aliphatic rings. The Hall–Kier alpha value is -0.520. The van der Waals surface area contributed by atoms with E-state index in [0.717, 1.165) is 23.7 Å². The third kappa shape index (κ3) is 2.04. The quantitative estimate of drug-likeness (QED) is 0.586. The predicted molar refractivity (Wildman–Crippen MR) is 66.7 cm³/mol. The molecule has 1 fully saturated rings. The van der Waals surface area contributed by atoms with Crippen molar-refractivity contribution in [2.45, 2.75) is 46.5 Å². The molecule has 0 bridgehead atoms. The van der Waals surface area contributed by atoms with Gasteiger partial charge in [-0.2, -0.15) is 0 Å². The Morgan fingerprint density at radius 1 is 1.27 bits per heavy atom. The number of rotatable bonds is 1. The van der Waals surface area contributed by atoms with Crippen LogP contribution >= 0.6 is 0 Å². The van der Waals surface area contributed by atoms with Gasteiger partial charge in [0, 0.05) is 0 Å². The lowest BCUT2D eigenvalue weighted by molar-refractivity contribution is 0.224. The summed E-state index contributed by atoms with van der Waals surface area (Å²) in [5, 5.41) is 0. The van der Waals surface area contributed by atoms with Gasteiger partial charge in [0.15, 0.2) is 0 Å². The maximum absolute atomic E-state index is 4.15. The second-order valence-electron chi connectivity index (χ2n) is 5.85. The van der Waals surface area contributed by atoms with Gasteiger partial charge in [-0.15, -0.1) is 0 Å². The number of allylic oxidation sites excluding steroid dienone is 3. The molecule has 0 heterocycles. The molecule has 0 aromatic carbocycles. The SMILES string of the molecule is C=C1C=C2[C@@H](C(C)C)CC[C@@H](C)[C@H]2CC1. The molecule has 1 saturated carbocycles. The first-order valence-corrected chi connectivity index (χ1v) is 6.49.